The van der Waals surface area contributed by atoms with Crippen LogP contribution in [0.15, 0.2) is 24.3 Å². The van der Waals surface area contributed by atoms with E-state index < -0.39 is 0 Å². The van der Waals surface area contributed by atoms with Crippen molar-refractivity contribution >= 4 is 0 Å². The lowest BCUT2D eigenvalue weighted by Crippen LogP contribution is -2.11. The van der Waals surface area contributed by atoms with E-state index in [2.05, 4.69) is 0 Å². The lowest BCUT2D eigenvalue weighted by Gasteiger charge is -2.07. The molecule has 0 unspecified atom stereocenters. The summed E-state index contributed by atoms with van der Waals surface area (Å²) in [6.45, 7) is 1.35. The quantitative estimate of drug-likeness (QED) is 0.501. The third-order valence-corrected chi connectivity index (χ3v) is 1.69. The second kappa shape index (κ2) is 7.05. The molecule has 0 radical (unpaired) electrons. The highest BCUT2D eigenvalue weighted by Gasteiger charge is 1.95. The number of benzene rings is 1. The van der Waals surface area contributed by atoms with Gasteiger partial charge >= 0.3 is 0 Å². The van der Waals surface area contributed by atoms with E-state index in [1.165, 1.54) is 0 Å². The molecule has 0 bridgehead atoms. The summed E-state index contributed by atoms with van der Waals surface area (Å²) in [7, 11) is 0. The Kier molecular flexibility index (Phi) is 5.54. The Balaban J connectivity index is 2.29. The molecule has 84 valence electrons. The second-order valence-corrected chi connectivity index (χ2v) is 2.71. The number of hydrogen-bond donors (Lipinski definition) is 2. The molecule has 1 rings (SSSR count). The Labute approximate surface area is 88.9 Å². The van der Waals surface area contributed by atoms with E-state index in [1.54, 1.807) is 12.1 Å². The fourth-order valence-electron chi connectivity index (χ4n) is 1.03. The molecule has 0 atom stereocenters. The van der Waals surface area contributed by atoms with E-state index in [0.29, 0.717) is 13.2 Å². The SMILES string of the molecule is NCOCCOc1ccc(OCN)cc1. The van der Waals surface area contributed by atoms with Gasteiger partial charge in [0.15, 0.2) is 0 Å². The highest BCUT2D eigenvalue weighted by Crippen LogP contribution is 2.16. The third-order valence-electron chi connectivity index (χ3n) is 1.69. The van der Waals surface area contributed by atoms with E-state index in [-0.39, 0.29) is 13.5 Å². The van der Waals surface area contributed by atoms with Crippen molar-refractivity contribution < 1.29 is 14.2 Å². The number of rotatable bonds is 7. The Hall–Kier alpha value is -1.30. The van der Waals surface area contributed by atoms with Gasteiger partial charge in [0, 0.05) is 0 Å². The zero-order valence-corrected chi connectivity index (χ0v) is 8.52. The lowest BCUT2D eigenvalue weighted by atomic mass is 10.3. The van der Waals surface area contributed by atoms with Gasteiger partial charge in [0.2, 0.25) is 0 Å². The Morgan fingerprint density at radius 3 is 1.93 bits per heavy atom. The molecule has 0 aromatic heterocycles. The average Bonchev–Trinajstić information content (AvgIpc) is 2.27. The summed E-state index contributed by atoms with van der Waals surface area (Å²) in [5, 5.41) is 0. The molecule has 0 spiro atoms. The molecule has 0 aliphatic carbocycles. The topological polar surface area (TPSA) is 79.7 Å². The fraction of sp³-hybridized carbons (Fsp3) is 0.400. The van der Waals surface area contributed by atoms with Crippen LogP contribution in [0, 0.1) is 0 Å². The van der Waals surface area contributed by atoms with Crippen LogP contribution in [0.4, 0.5) is 0 Å². The maximum atomic E-state index is 5.37. The second-order valence-electron chi connectivity index (χ2n) is 2.71. The van der Waals surface area contributed by atoms with Gasteiger partial charge < -0.3 is 19.9 Å². The summed E-state index contributed by atoms with van der Waals surface area (Å²) in [5.74, 6) is 1.49. The molecular formula is C10H16N2O3. The molecule has 0 fully saturated rings. The molecule has 0 aliphatic heterocycles. The van der Waals surface area contributed by atoms with E-state index in [1.807, 2.05) is 12.1 Å². The van der Waals surface area contributed by atoms with Gasteiger partial charge in [-0.3, -0.25) is 5.73 Å². The molecule has 4 N–H and O–H groups in total. The maximum Gasteiger partial charge on any atom is 0.137 e. The monoisotopic (exact) mass is 212 g/mol. The van der Waals surface area contributed by atoms with Gasteiger partial charge in [-0.25, -0.2) is 0 Å². The molecule has 5 nitrogen and oxygen atoms in total. The Bertz CT molecular complexity index is 264. The van der Waals surface area contributed by atoms with Gasteiger partial charge in [-0.05, 0) is 24.3 Å². The van der Waals surface area contributed by atoms with Crippen LogP contribution in [0.2, 0.25) is 0 Å². The van der Waals surface area contributed by atoms with Gasteiger partial charge in [-0.1, -0.05) is 0 Å². The first-order valence-corrected chi connectivity index (χ1v) is 4.70. The first-order chi connectivity index (χ1) is 7.36. The highest BCUT2D eigenvalue weighted by atomic mass is 16.5. The molecule has 0 aliphatic rings. The van der Waals surface area contributed by atoms with Crippen molar-refractivity contribution in [2.75, 3.05) is 26.7 Å². The van der Waals surface area contributed by atoms with Crippen LogP contribution in [0.3, 0.4) is 0 Å². The summed E-state index contributed by atoms with van der Waals surface area (Å²) in [6, 6.07) is 7.22. The van der Waals surface area contributed by atoms with Crippen molar-refractivity contribution in [3.05, 3.63) is 24.3 Å². The lowest BCUT2D eigenvalue weighted by molar-refractivity contribution is 0.105. The Morgan fingerprint density at radius 1 is 0.800 bits per heavy atom. The zero-order chi connectivity index (χ0) is 10.9. The summed E-state index contributed by atoms with van der Waals surface area (Å²) >= 11 is 0. The van der Waals surface area contributed by atoms with Gasteiger partial charge in [-0.2, -0.15) is 0 Å². The van der Waals surface area contributed by atoms with Crippen molar-refractivity contribution in [3.8, 4) is 11.5 Å². The van der Waals surface area contributed by atoms with Crippen LogP contribution >= 0.6 is 0 Å². The molecule has 0 amide bonds. The van der Waals surface area contributed by atoms with Gasteiger partial charge in [0.05, 0.1) is 13.3 Å². The number of hydrogen-bond acceptors (Lipinski definition) is 5. The minimum atomic E-state index is 0.171. The highest BCUT2D eigenvalue weighted by molar-refractivity contribution is 5.31. The molecule has 0 saturated carbocycles. The molecule has 15 heavy (non-hydrogen) atoms. The van der Waals surface area contributed by atoms with Crippen LogP contribution in [0.1, 0.15) is 0 Å². The number of nitrogens with two attached hydrogens (primary N) is 2. The molecule has 1 aromatic carbocycles. The molecule has 5 heteroatoms. The predicted molar refractivity (Wildman–Crippen MR) is 56.6 cm³/mol. The van der Waals surface area contributed by atoms with Gasteiger partial charge in [0.25, 0.3) is 0 Å². The summed E-state index contributed by atoms with van der Waals surface area (Å²) in [5.41, 5.74) is 10.4. The van der Waals surface area contributed by atoms with Crippen molar-refractivity contribution in [2.24, 2.45) is 11.5 Å². The smallest absolute Gasteiger partial charge is 0.137 e. The van der Waals surface area contributed by atoms with Crippen LogP contribution in [0.25, 0.3) is 0 Å². The minimum Gasteiger partial charge on any atom is -0.491 e. The molecule has 0 heterocycles. The van der Waals surface area contributed by atoms with Crippen LogP contribution < -0.4 is 20.9 Å². The van der Waals surface area contributed by atoms with Crippen LogP contribution in [-0.4, -0.2) is 26.7 Å². The van der Waals surface area contributed by atoms with Crippen molar-refractivity contribution in [1.82, 2.24) is 0 Å². The molecular weight excluding hydrogens is 196 g/mol. The van der Waals surface area contributed by atoms with E-state index in [4.69, 9.17) is 25.7 Å². The summed E-state index contributed by atoms with van der Waals surface area (Å²) in [6.07, 6.45) is 0. The van der Waals surface area contributed by atoms with Crippen molar-refractivity contribution in [1.29, 1.82) is 0 Å². The van der Waals surface area contributed by atoms with Gasteiger partial charge in [0.1, 0.15) is 24.8 Å². The van der Waals surface area contributed by atoms with Crippen molar-refractivity contribution in [3.63, 3.8) is 0 Å². The van der Waals surface area contributed by atoms with E-state index in [0.717, 1.165) is 11.5 Å². The first-order valence-electron chi connectivity index (χ1n) is 4.70. The minimum absolute atomic E-state index is 0.171. The van der Waals surface area contributed by atoms with Gasteiger partial charge in [-0.15, -0.1) is 0 Å². The predicted octanol–water partition coefficient (Wildman–Crippen LogP) is 0.293. The zero-order valence-electron chi connectivity index (χ0n) is 8.52. The fourth-order valence-corrected chi connectivity index (χ4v) is 1.03. The largest absolute Gasteiger partial charge is 0.491 e. The third kappa shape index (κ3) is 4.64. The normalized spacial score (nSPS) is 10.0. The number of ether oxygens (including phenoxy) is 3. The van der Waals surface area contributed by atoms with E-state index in [9.17, 15) is 0 Å². The van der Waals surface area contributed by atoms with Crippen molar-refractivity contribution in [2.45, 2.75) is 0 Å². The van der Waals surface area contributed by atoms with E-state index >= 15 is 0 Å². The maximum absolute atomic E-state index is 5.37. The average molecular weight is 212 g/mol. The first kappa shape index (κ1) is 11.8. The van der Waals surface area contributed by atoms with Crippen LogP contribution in [-0.2, 0) is 4.74 Å². The summed E-state index contributed by atoms with van der Waals surface area (Å²) in [4.78, 5) is 0. The molecule has 1 aromatic rings. The molecule has 0 saturated heterocycles. The standard InChI is InChI=1S/C10H16N2O3/c11-7-13-5-6-14-9-1-3-10(4-2-9)15-8-12/h1-4H,5-8,11-12H2. The van der Waals surface area contributed by atoms with Crippen LogP contribution in [0.5, 0.6) is 11.5 Å². The Morgan fingerprint density at radius 2 is 1.40 bits per heavy atom. The summed E-state index contributed by atoms with van der Waals surface area (Å²) < 4.78 is 15.4.